The van der Waals surface area contributed by atoms with Gasteiger partial charge in [0.2, 0.25) is 0 Å². The first-order valence-electron chi connectivity index (χ1n) is 7.30. The molecule has 114 valence electrons. The first-order chi connectivity index (χ1) is 10.0. The minimum Gasteiger partial charge on any atom is -0.331 e. The van der Waals surface area contributed by atoms with E-state index in [-0.39, 0.29) is 5.82 Å². The first kappa shape index (κ1) is 15.2. The fourth-order valence-electron chi connectivity index (χ4n) is 3.04. The van der Waals surface area contributed by atoms with Gasteiger partial charge in [-0.3, -0.25) is 0 Å². The van der Waals surface area contributed by atoms with Gasteiger partial charge in [0.15, 0.2) is 4.77 Å². The number of fused-ring (bicyclic) bond motifs is 1. The molecule has 0 spiro atoms. The summed E-state index contributed by atoms with van der Waals surface area (Å²) < 4.78 is 16.9. The number of hydrogen-bond donors (Lipinski definition) is 1. The van der Waals surface area contributed by atoms with Crippen LogP contribution in [0.1, 0.15) is 19.3 Å². The van der Waals surface area contributed by atoms with Gasteiger partial charge in [0.05, 0.1) is 15.5 Å². The molecule has 0 aliphatic carbocycles. The van der Waals surface area contributed by atoms with Gasteiger partial charge in [-0.2, -0.15) is 0 Å². The van der Waals surface area contributed by atoms with Crippen LogP contribution in [0, 0.1) is 16.5 Å². The molecule has 0 bridgehead atoms. The Kier molecular flexibility index (Phi) is 4.47. The first-order valence-corrected chi connectivity index (χ1v) is 8.51. The van der Waals surface area contributed by atoms with Crippen LogP contribution in [0.15, 0.2) is 16.6 Å². The highest BCUT2D eigenvalue weighted by Crippen LogP contribution is 2.25. The van der Waals surface area contributed by atoms with Crippen molar-refractivity contribution in [3.8, 4) is 0 Å². The number of aromatic nitrogens is 2. The highest BCUT2D eigenvalue weighted by atomic mass is 79.9. The van der Waals surface area contributed by atoms with Crippen molar-refractivity contribution in [2.24, 2.45) is 5.92 Å². The number of H-pyrrole nitrogens is 1. The van der Waals surface area contributed by atoms with Crippen molar-refractivity contribution >= 4 is 39.2 Å². The Labute approximate surface area is 137 Å². The molecule has 1 fully saturated rings. The smallest absolute Gasteiger partial charge is 0.178 e. The lowest BCUT2D eigenvalue weighted by Crippen LogP contribution is -2.30. The van der Waals surface area contributed by atoms with E-state index in [2.05, 4.69) is 32.9 Å². The summed E-state index contributed by atoms with van der Waals surface area (Å²) in [6.45, 7) is 3.20. The normalized spacial score (nSPS) is 17.7. The third-order valence-corrected chi connectivity index (χ3v) is 5.35. The fourth-order valence-corrected chi connectivity index (χ4v) is 3.68. The van der Waals surface area contributed by atoms with Crippen LogP contribution in [-0.2, 0) is 6.54 Å². The van der Waals surface area contributed by atoms with Crippen molar-refractivity contribution in [1.82, 2.24) is 14.5 Å². The molecule has 1 aromatic carbocycles. The molecule has 2 aromatic rings. The van der Waals surface area contributed by atoms with E-state index in [1.165, 1.54) is 25.9 Å². The Bertz CT molecular complexity index is 701. The van der Waals surface area contributed by atoms with Crippen molar-refractivity contribution in [3.63, 3.8) is 0 Å². The van der Waals surface area contributed by atoms with Crippen molar-refractivity contribution in [2.75, 3.05) is 20.1 Å². The summed E-state index contributed by atoms with van der Waals surface area (Å²) in [4.78, 5) is 5.54. The summed E-state index contributed by atoms with van der Waals surface area (Å²) in [5.74, 6) is 0.498. The number of hydrogen-bond acceptors (Lipinski definition) is 2. The van der Waals surface area contributed by atoms with E-state index in [1.54, 1.807) is 12.1 Å². The number of likely N-dealkylation sites (tertiary alicyclic amines) is 1. The number of piperidine rings is 1. The summed E-state index contributed by atoms with van der Waals surface area (Å²) in [6.07, 6.45) is 3.59. The van der Waals surface area contributed by atoms with Gasteiger partial charge >= 0.3 is 0 Å². The molecule has 1 aliphatic rings. The Morgan fingerprint density at radius 3 is 2.81 bits per heavy atom. The van der Waals surface area contributed by atoms with E-state index < -0.39 is 0 Å². The molecule has 3 rings (SSSR count). The number of aromatic amines is 1. The van der Waals surface area contributed by atoms with E-state index >= 15 is 0 Å². The standard InChI is InChI=1S/C15H19BrFN3S/c1-19-5-2-10(3-6-19)4-7-20-14-9-12(17)11(16)8-13(14)18-15(20)21/h8-10H,2-7H2,1H3,(H,18,21). The number of aryl methyl sites for hydroxylation is 1. The van der Waals surface area contributed by atoms with Crippen molar-refractivity contribution in [1.29, 1.82) is 0 Å². The van der Waals surface area contributed by atoms with Crippen LogP contribution >= 0.6 is 28.1 Å². The number of halogens is 2. The molecular formula is C15H19BrFN3S. The molecule has 0 unspecified atom stereocenters. The highest BCUT2D eigenvalue weighted by Gasteiger charge is 2.17. The molecule has 0 saturated carbocycles. The lowest BCUT2D eigenvalue weighted by atomic mass is 9.94. The molecule has 1 aromatic heterocycles. The third kappa shape index (κ3) is 3.22. The molecule has 1 N–H and O–H groups in total. The summed E-state index contributed by atoms with van der Waals surface area (Å²) in [6, 6.07) is 3.31. The Morgan fingerprint density at radius 1 is 1.38 bits per heavy atom. The number of nitrogens with zero attached hydrogens (tertiary/aromatic N) is 2. The van der Waals surface area contributed by atoms with Gasteiger partial charge in [0.25, 0.3) is 0 Å². The SMILES string of the molecule is CN1CCC(CCn2c(=S)[nH]c3cc(Br)c(F)cc32)CC1. The van der Waals surface area contributed by atoms with Gasteiger partial charge in [-0.25, -0.2) is 4.39 Å². The van der Waals surface area contributed by atoms with Gasteiger partial charge < -0.3 is 14.5 Å². The van der Waals surface area contributed by atoms with E-state index in [0.29, 0.717) is 9.24 Å². The number of benzene rings is 1. The van der Waals surface area contributed by atoms with Crippen LogP contribution in [0.2, 0.25) is 0 Å². The molecule has 2 heterocycles. The number of nitrogens with one attached hydrogen (secondary N) is 1. The molecule has 0 radical (unpaired) electrons. The fraction of sp³-hybridized carbons (Fsp3) is 0.533. The maximum absolute atomic E-state index is 13.8. The molecule has 21 heavy (non-hydrogen) atoms. The summed E-state index contributed by atoms with van der Waals surface area (Å²) >= 11 is 8.60. The number of rotatable bonds is 3. The van der Waals surface area contributed by atoms with Gasteiger partial charge in [0.1, 0.15) is 5.82 Å². The molecule has 0 amide bonds. The van der Waals surface area contributed by atoms with E-state index in [1.807, 2.05) is 4.57 Å². The molecule has 1 saturated heterocycles. The van der Waals surface area contributed by atoms with Gasteiger partial charge in [-0.15, -0.1) is 0 Å². The Hall–Kier alpha value is -0.720. The van der Waals surface area contributed by atoms with Crippen molar-refractivity contribution < 1.29 is 4.39 Å². The Morgan fingerprint density at radius 2 is 2.10 bits per heavy atom. The lowest BCUT2D eigenvalue weighted by Gasteiger charge is -2.28. The van der Waals surface area contributed by atoms with Gasteiger partial charge in [-0.05, 0) is 79.5 Å². The zero-order valence-corrected chi connectivity index (χ0v) is 14.4. The highest BCUT2D eigenvalue weighted by molar-refractivity contribution is 9.10. The van der Waals surface area contributed by atoms with Crippen LogP contribution < -0.4 is 0 Å². The predicted octanol–water partition coefficient (Wildman–Crippen LogP) is 4.33. The van der Waals surface area contributed by atoms with E-state index in [4.69, 9.17) is 12.2 Å². The second-order valence-corrected chi connectivity index (χ2v) is 7.14. The zero-order valence-electron chi connectivity index (χ0n) is 12.0. The average Bonchev–Trinajstić information content (AvgIpc) is 2.74. The van der Waals surface area contributed by atoms with Crippen LogP contribution in [0.5, 0.6) is 0 Å². The van der Waals surface area contributed by atoms with E-state index in [9.17, 15) is 4.39 Å². The van der Waals surface area contributed by atoms with E-state index in [0.717, 1.165) is 29.9 Å². The monoisotopic (exact) mass is 371 g/mol. The van der Waals surface area contributed by atoms with Crippen molar-refractivity contribution in [3.05, 3.63) is 27.2 Å². The van der Waals surface area contributed by atoms with Crippen LogP contribution in [0.3, 0.4) is 0 Å². The topological polar surface area (TPSA) is 24.0 Å². The molecular weight excluding hydrogens is 353 g/mol. The van der Waals surface area contributed by atoms with Crippen LogP contribution in [0.25, 0.3) is 11.0 Å². The molecule has 0 atom stereocenters. The van der Waals surface area contributed by atoms with Gasteiger partial charge in [-0.1, -0.05) is 0 Å². The predicted molar refractivity (Wildman–Crippen MR) is 89.6 cm³/mol. The third-order valence-electron chi connectivity index (χ3n) is 4.42. The molecule has 1 aliphatic heterocycles. The molecule has 6 heteroatoms. The lowest BCUT2D eigenvalue weighted by molar-refractivity contribution is 0.208. The summed E-state index contributed by atoms with van der Waals surface area (Å²) in [5.41, 5.74) is 1.74. The zero-order chi connectivity index (χ0) is 15.0. The maximum Gasteiger partial charge on any atom is 0.178 e. The minimum atomic E-state index is -0.246. The minimum absolute atomic E-state index is 0.246. The largest absolute Gasteiger partial charge is 0.331 e. The second-order valence-electron chi connectivity index (χ2n) is 5.90. The summed E-state index contributed by atoms with van der Waals surface area (Å²) in [5, 5.41) is 0. The second kappa shape index (κ2) is 6.18. The Balaban J connectivity index is 1.79. The number of imidazole rings is 1. The van der Waals surface area contributed by atoms with Crippen molar-refractivity contribution in [2.45, 2.75) is 25.8 Å². The maximum atomic E-state index is 13.8. The van der Waals surface area contributed by atoms with Gasteiger partial charge in [0, 0.05) is 12.6 Å². The quantitative estimate of drug-likeness (QED) is 0.811. The summed E-state index contributed by atoms with van der Waals surface area (Å²) in [7, 11) is 2.17. The van der Waals surface area contributed by atoms with Crippen LogP contribution in [-0.4, -0.2) is 34.6 Å². The molecule has 3 nitrogen and oxygen atoms in total. The van der Waals surface area contributed by atoms with Crippen LogP contribution in [0.4, 0.5) is 4.39 Å². The average molecular weight is 372 g/mol.